The van der Waals surface area contributed by atoms with Gasteiger partial charge in [-0.1, -0.05) is 6.92 Å². The molecule has 2 nitrogen and oxygen atoms in total. The molecule has 0 fully saturated rings. The molecule has 2 aromatic heterocycles. The molecule has 4 heteroatoms. The van der Waals surface area contributed by atoms with E-state index in [-0.39, 0.29) is 0 Å². The second-order valence-electron chi connectivity index (χ2n) is 3.77. The Hall–Kier alpha value is -0.710. The van der Waals surface area contributed by atoms with Crippen LogP contribution in [0.1, 0.15) is 32.0 Å². The van der Waals surface area contributed by atoms with E-state index in [0.717, 1.165) is 23.7 Å². The van der Waals surface area contributed by atoms with Gasteiger partial charge in [-0.05, 0) is 31.3 Å². The van der Waals surface area contributed by atoms with E-state index in [4.69, 9.17) is 0 Å². The van der Waals surface area contributed by atoms with Gasteiger partial charge >= 0.3 is 0 Å². The second-order valence-corrected chi connectivity index (χ2v) is 5.40. The minimum absolute atomic E-state index is 0.351. The number of hydrogen-bond donors (Lipinski definition) is 1. The van der Waals surface area contributed by atoms with E-state index in [1.807, 2.05) is 0 Å². The fourth-order valence-corrected chi connectivity index (χ4v) is 3.09. The molecule has 2 aromatic rings. The Balaban J connectivity index is 2.07. The van der Waals surface area contributed by atoms with E-state index < -0.39 is 0 Å². The van der Waals surface area contributed by atoms with Crippen LogP contribution in [0.3, 0.4) is 0 Å². The third kappa shape index (κ3) is 2.70. The van der Waals surface area contributed by atoms with Crippen molar-refractivity contribution in [3.05, 3.63) is 27.9 Å². The normalized spacial score (nSPS) is 12.9. The maximum atomic E-state index is 4.67. The first kappa shape index (κ1) is 11.8. The maximum Gasteiger partial charge on any atom is 0.124 e. The number of nitrogens with one attached hydrogen (secondary N) is 1. The van der Waals surface area contributed by atoms with Crippen molar-refractivity contribution >= 4 is 22.7 Å². The quantitative estimate of drug-likeness (QED) is 0.872. The van der Waals surface area contributed by atoms with Gasteiger partial charge in [-0.3, -0.25) is 0 Å². The van der Waals surface area contributed by atoms with Crippen molar-refractivity contribution in [3.8, 4) is 10.6 Å². The van der Waals surface area contributed by atoms with Crippen LogP contribution >= 0.6 is 22.7 Å². The Morgan fingerprint density at radius 3 is 3.00 bits per heavy atom. The molecule has 2 rings (SSSR count). The lowest BCUT2D eigenvalue weighted by molar-refractivity contribution is 0.561. The van der Waals surface area contributed by atoms with Crippen LogP contribution in [0.15, 0.2) is 22.2 Å². The van der Waals surface area contributed by atoms with Crippen molar-refractivity contribution in [3.63, 3.8) is 0 Å². The Morgan fingerprint density at radius 1 is 1.44 bits per heavy atom. The molecule has 0 aliphatic rings. The Kier molecular flexibility index (Phi) is 4.09. The predicted octanol–water partition coefficient (Wildman–Crippen LogP) is 3.93. The zero-order chi connectivity index (χ0) is 11.4. The van der Waals surface area contributed by atoms with Crippen molar-refractivity contribution in [2.75, 3.05) is 6.54 Å². The van der Waals surface area contributed by atoms with E-state index in [1.54, 1.807) is 22.7 Å². The zero-order valence-electron chi connectivity index (χ0n) is 9.56. The molecule has 2 heterocycles. The van der Waals surface area contributed by atoms with E-state index in [9.17, 15) is 0 Å². The average molecular weight is 252 g/mol. The van der Waals surface area contributed by atoms with Crippen LogP contribution in [0.5, 0.6) is 0 Å². The first-order valence-electron chi connectivity index (χ1n) is 5.52. The summed E-state index contributed by atoms with van der Waals surface area (Å²) in [5.41, 5.74) is 2.39. The molecule has 0 spiro atoms. The molecule has 1 atom stereocenters. The molecular formula is C12H16N2S2. The molecule has 1 N–H and O–H groups in total. The molecular weight excluding hydrogens is 236 g/mol. The first-order valence-corrected chi connectivity index (χ1v) is 7.35. The first-order chi connectivity index (χ1) is 7.81. The minimum atomic E-state index is 0.351. The zero-order valence-corrected chi connectivity index (χ0v) is 11.2. The van der Waals surface area contributed by atoms with Gasteiger partial charge in [0, 0.05) is 22.4 Å². The van der Waals surface area contributed by atoms with Crippen molar-refractivity contribution in [1.29, 1.82) is 0 Å². The summed E-state index contributed by atoms with van der Waals surface area (Å²) in [5, 5.41) is 11.0. The highest BCUT2D eigenvalue weighted by molar-refractivity contribution is 7.14. The van der Waals surface area contributed by atoms with Gasteiger partial charge in [0.05, 0.1) is 5.69 Å². The van der Waals surface area contributed by atoms with Gasteiger partial charge in [-0.15, -0.1) is 11.3 Å². The molecule has 0 bridgehead atoms. The van der Waals surface area contributed by atoms with Gasteiger partial charge in [-0.25, -0.2) is 4.98 Å². The molecule has 0 radical (unpaired) electrons. The van der Waals surface area contributed by atoms with Gasteiger partial charge in [0.1, 0.15) is 5.01 Å². The number of hydrogen-bond acceptors (Lipinski definition) is 4. The van der Waals surface area contributed by atoms with Crippen molar-refractivity contribution < 1.29 is 0 Å². The molecule has 0 amide bonds. The highest BCUT2D eigenvalue weighted by atomic mass is 32.1. The Labute approximate surface area is 104 Å². The summed E-state index contributed by atoms with van der Waals surface area (Å²) in [6.45, 7) is 5.39. The standard InChI is InChI=1S/C12H16N2S2/c1-3-5-13-9(2)11-8-16-12(14-11)10-4-6-15-7-10/h4,6-9,13H,3,5H2,1-2H3. The molecule has 0 aliphatic carbocycles. The van der Waals surface area contributed by atoms with Crippen LogP contribution in [0.4, 0.5) is 0 Å². The molecule has 0 aliphatic heterocycles. The fourth-order valence-electron chi connectivity index (χ4n) is 1.47. The van der Waals surface area contributed by atoms with Gasteiger partial charge in [0.25, 0.3) is 0 Å². The van der Waals surface area contributed by atoms with E-state index in [1.165, 1.54) is 5.56 Å². The van der Waals surface area contributed by atoms with Gasteiger partial charge in [0.2, 0.25) is 0 Å². The van der Waals surface area contributed by atoms with Gasteiger partial charge in [-0.2, -0.15) is 11.3 Å². The van der Waals surface area contributed by atoms with E-state index in [0.29, 0.717) is 6.04 Å². The summed E-state index contributed by atoms with van der Waals surface area (Å²) < 4.78 is 0. The molecule has 0 saturated carbocycles. The number of thiophene rings is 1. The predicted molar refractivity (Wildman–Crippen MR) is 72.1 cm³/mol. The van der Waals surface area contributed by atoms with Crippen LogP contribution < -0.4 is 5.32 Å². The Morgan fingerprint density at radius 2 is 2.31 bits per heavy atom. The lowest BCUT2D eigenvalue weighted by atomic mass is 10.2. The van der Waals surface area contributed by atoms with Crippen LogP contribution in [-0.4, -0.2) is 11.5 Å². The van der Waals surface area contributed by atoms with Gasteiger partial charge < -0.3 is 5.32 Å². The number of aromatic nitrogens is 1. The number of thiazole rings is 1. The maximum absolute atomic E-state index is 4.67. The highest BCUT2D eigenvalue weighted by Gasteiger charge is 2.10. The van der Waals surface area contributed by atoms with E-state index >= 15 is 0 Å². The SMILES string of the molecule is CCCNC(C)c1csc(-c2ccsc2)n1. The molecule has 16 heavy (non-hydrogen) atoms. The largest absolute Gasteiger partial charge is 0.309 e. The summed E-state index contributed by atoms with van der Waals surface area (Å²) in [4.78, 5) is 4.67. The average Bonchev–Trinajstić information content (AvgIpc) is 2.94. The second kappa shape index (κ2) is 5.57. The molecule has 0 aromatic carbocycles. The lowest BCUT2D eigenvalue weighted by Gasteiger charge is -2.09. The third-order valence-electron chi connectivity index (χ3n) is 2.43. The number of rotatable bonds is 5. The monoisotopic (exact) mass is 252 g/mol. The fraction of sp³-hybridized carbons (Fsp3) is 0.417. The smallest absolute Gasteiger partial charge is 0.124 e. The van der Waals surface area contributed by atoms with Crippen molar-refractivity contribution in [1.82, 2.24) is 10.3 Å². The molecule has 86 valence electrons. The Bertz CT molecular complexity index is 420. The van der Waals surface area contributed by atoms with Crippen LogP contribution in [0.2, 0.25) is 0 Å². The lowest BCUT2D eigenvalue weighted by Crippen LogP contribution is -2.19. The third-order valence-corrected chi connectivity index (χ3v) is 4.03. The highest BCUT2D eigenvalue weighted by Crippen LogP contribution is 2.27. The summed E-state index contributed by atoms with van der Waals surface area (Å²) in [7, 11) is 0. The van der Waals surface area contributed by atoms with Crippen molar-refractivity contribution in [2.45, 2.75) is 26.3 Å². The van der Waals surface area contributed by atoms with Crippen molar-refractivity contribution in [2.24, 2.45) is 0 Å². The summed E-state index contributed by atoms with van der Waals surface area (Å²) in [5.74, 6) is 0. The summed E-state index contributed by atoms with van der Waals surface area (Å²) in [6.07, 6.45) is 1.16. The minimum Gasteiger partial charge on any atom is -0.309 e. The van der Waals surface area contributed by atoms with Crippen LogP contribution in [0, 0.1) is 0 Å². The van der Waals surface area contributed by atoms with Crippen LogP contribution in [-0.2, 0) is 0 Å². The van der Waals surface area contributed by atoms with Crippen LogP contribution in [0.25, 0.3) is 10.6 Å². The summed E-state index contributed by atoms with van der Waals surface area (Å²) >= 11 is 3.44. The molecule has 0 saturated heterocycles. The number of nitrogens with zero attached hydrogens (tertiary/aromatic N) is 1. The molecule has 1 unspecified atom stereocenters. The van der Waals surface area contributed by atoms with Gasteiger partial charge in [0.15, 0.2) is 0 Å². The van der Waals surface area contributed by atoms with E-state index in [2.05, 4.69) is 46.4 Å². The summed E-state index contributed by atoms with van der Waals surface area (Å²) in [6, 6.07) is 2.47. The topological polar surface area (TPSA) is 24.9 Å².